The molecule has 0 aliphatic carbocycles. The molecule has 1 heterocycles. The number of nitrogens with zero attached hydrogens (tertiary/aromatic N) is 2. The SMILES string of the molecule is COP(=O)(OC)C(C)(C)CC(C)=NNC(=O)c1cccnc1. The number of pyridine rings is 1. The quantitative estimate of drug-likeness (QED) is 0.472. The fraction of sp³-hybridized carbons (Fsp3) is 0.500. The number of hydrogen-bond donors (Lipinski definition) is 1. The largest absolute Gasteiger partial charge is 0.336 e. The number of aromatic nitrogens is 1. The molecular formula is C14H22N3O4P. The Hall–Kier alpha value is -1.56. The van der Waals surface area contributed by atoms with Gasteiger partial charge in [-0.25, -0.2) is 5.43 Å². The van der Waals surface area contributed by atoms with Crippen LogP contribution in [0.15, 0.2) is 29.6 Å². The highest BCUT2D eigenvalue weighted by molar-refractivity contribution is 7.55. The fourth-order valence-corrected chi connectivity index (χ4v) is 3.60. The molecule has 8 heteroatoms. The number of nitrogens with one attached hydrogen (secondary N) is 1. The second-order valence-corrected chi connectivity index (χ2v) is 8.32. The number of hydrogen-bond acceptors (Lipinski definition) is 6. The molecule has 1 aromatic rings. The third kappa shape index (κ3) is 4.47. The number of amides is 1. The first-order valence-corrected chi connectivity index (χ1v) is 8.25. The Morgan fingerprint density at radius 3 is 2.55 bits per heavy atom. The molecule has 122 valence electrons. The van der Waals surface area contributed by atoms with E-state index in [1.165, 1.54) is 20.4 Å². The Morgan fingerprint density at radius 1 is 1.41 bits per heavy atom. The van der Waals surface area contributed by atoms with Crippen molar-refractivity contribution in [1.29, 1.82) is 0 Å². The molecular weight excluding hydrogens is 305 g/mol. The first-order valence-electron chi connectivity index (χ1n) is 6.71. The molecule has 0 saturated heterocycles. The summed E-state index contributed by atoms with van der Waals surface area (Å²) in [6, 6.07) is 3.31. The van der Waals surface area contributed by atoms with Gasteiger partial charge in [0.15, 0.2) is 0 Å². The summed E-state index contributed by atoms with van der Waals surface area (Å²) < 4.78 is 22.5. The van der Waals surface area contributed by atoms with E-state index in [1.54, 1.807) is 39.1 Å². The van der Waals surface area contributed by atoms with Gasteiger partial charge in [-0.15, -0.1) is 0 Å². The maximum absolute atomic E-state index is 12.5. The zero-order valence-electron chi connectivity index (χ0n) is 13.5. The maximum atomic E-state index is 12.5. The van der Waals surface area contributed by atoms with Crippen LogP contribution in [-0.2, 0) is 13.6 Å². The highest BCUT2D eigenvalue weighted by atomic mass is 31.2. The van der Waals surface area contributed by atoms with Crippen molar-refractivity contribution in [3.05, 3.63) is 30.1 Å². The first kappa shape index (κ1) is 18.5. The van der Waals surface area contributed by atoms with Crippen LogP contribution in [0.3, 0.4) is 0 Å². The molecule has 0 unspecified atom stereocenters. The summed E-state index contributed by atoms with van der Waals surface area (Å²) in [4.78, 5) is 15.7. The van der Waals surface area contributed by atoms with Crippen molar-refractivity contribution in [3.8, 4) is 0 Å². The zero-order valence-corrected chi connectivity index (χ0v) is 14.4. The second-order valence-electron chi connectivity index (χ2n) is 5.38. The number of hydrazone groups is 1. The van der Waals surface area contributed by atoms with Crippen LogP contribution < -0.4 is 5.43 Å². The van der Waals surface area contributed by atoms with Crippen LogP contribution in [0, 0.1) is 0 Å². The highest BCUT2D eigenvalue weighted by Crippen LogP contribution is 2.60. The van der Waals surface area contributed by atoms with E-state index >= 15 is 0 Å². The Morgan fingerprint density at radius 2 is 2.05 bits per heavy atom. The molecule has 0 spiro atoms. The summed E-state index contributed by atoms with van der Waals surface area (Å²) in [5.41, 5.74) is 3.47. The summed E-state index contributed by atoms with van der Waals surface area (Å²) in [7, 11) is -0.547. The monoisotopic (exact) mass is 327 g/mol. The average Bonchev–Trinajstić information content (AvgIpc) is 2.51. The van der Waals surface area contributed by atoms with E-state index in [-0.39, 0.29) is 5.91 Å². The van der Waals surface area contributed by atoms with Gasteiger partial charge in [-0.3, -0.25) is 14.3 Å². The van der Waals surface area contributed by atoms with Gasteiger partial charge < -0.3 is 9.05 Å². The molecule has 0 radical (unpaired) electrons. The molecule has 1 amide bonds. The zero-order chi connectivity index (χ0) is 16.8. The molecule has 0 fully saturated rings. The molecule has 1 aromatic heterocycles. The van der Waals surface area contributed by atoms with E-state index in [0.29, 0.717) is 17.7 Å². The van der Waals surface area contributed by atoms with Gasteiger partial charge in [0.2, 0.25) is 0 Å². The molecule has 1 rings (SSSR count). The smallest absolute Gasteiger partial charge is 0.312 e. The number of rotatable bonds is 7. The van der Waals surface area contributed by atoms with Crippen LogP contribution in [0.2, 0.25) is 0 Å². The van der Waals surface area contributed by atoms with Crippen molar-refractivity contribution < 1.29 is 18.4 Å². The predicted octanol–water partition coefficient (Wildman–Crippen LogP) is 2.84. The standard InChI is InChI=1S/C14H22N3O4P/c1-11(9-14(2,3)22(19,20-4)21-5)16-17-13(18)12-7-6-8-15-10-12/h6-8,10H,9H2,1-5H3,(H,17,18). The Balaban J connectivity index is 2.74. The second kappa shape index (κ2) is 7.63. The number of carbonyl (C=O) groups is 1. The van der Waals surface area contributed by atoms with Crippen LogP contribution in [0.25, 0.3) is 0 Å². The van der Waals surface area contributed by atoms with Gasteiger partial charge in [-0.05, 0) is 32.9 Å². The van der Waals surface area contributed by atoms with Crippen LogP contribution in [0.4, 0.5) is 0 Å². The van der Waals surface area contributed by atoms with E-state index in [9.17, 15) is 9.36 Å². The van der Waals surface area contributed by atoms with Crippen molar-refractivity contribution in [1.82, 2.24) is 10.4 Å². The van der Waals surface area contributed by atoms with E-state index < -0.39 is 12.8 Å². The van der Waals surface area contributed by atoms with E-state index in [0.717, 1.165) is 0 Å². The molecule has 0 aliphatic heterocycles. The van der Waals surface area contributed by atoms with Crippen molar-refractivity contribution in [3.63, 3.8) is 0 Å². The summed E-state index contributed by atoms with van der Waals surface area (Å²) in [6.07, 6.45) is 3.38. The van der Waals surface area contributed by atoms with Crippen LogP contribution >= 0.6 is 7.60 Å². The van der Waals surface area contributed by atoms with Crippen molar-refractivity contribution in [2.24, 2.45) is 5.10 Å². The third-order valence-corrected chi connectivity index (χ3v) is 5.78. The molecule has 0 bridgehead atoms. The summed E-state index contributed by atoms with van der Waals surface area (Å²) in [6.45, 7) is 5.27. The molecule has 0 saturated carbocycles. The summed E-state index contributed by atoms with van der Waals surface area (Å²) in [5.74, 6) is -0.355. The van der Waals surface area contributed by atoms with Gasteiger partial charge in [0.25, 0.3) is 5.91 Å². The van der Waals surface area contributed by atoms with Crippen molar-refractivity contribution in [2.45, 2.75) is 32.3 Å². The van der Waals surface area contributed by atoms with E-state index in [1.807, 2.05) is 0 Å². The Labute approximate surface area is 130 Å². The van der Waals surface area contributed by atoms with Gasteiger partial charge in [-0.2, -0.15) is 5.10 Å². The maximum Gasteiger partial charge on any atom is 0.336 e. The summed E-state index contributed by atoms with van der Waals surface area (Å²) >= 11 is 0. The lowest BCUT2D eigenvalue weighted by Gasteiger charge is -2.30. The topological polar surface area (TPSA) is 89.9 Å². The highest BCUT2D eigenvalue weighted by Gasteiger charge is 2.42. The van der Waals surface area contributed by atoms with Crippen molar-refractivity contribution in [2.75, 3.05) is 14.2 Å². The lowest BCUT2D eigenvalue weighted by atomic mass is 10.1. The average molecular weight is 327 g/mol. The minimum atomic E-state index is -3.25. The molecule has 22 heavy (non-hydrogen) atoms. The molecule has 0 atom stereocenters. The molecule has 0 aromatic carbocycles. The fourth-order valence-electron chi connectivity index (χ4n) is 2.04. The van der Waals surface area contributed by atoms with Gasteiger partial charge in [-0.1, -0.05) is 0 Å². The van der Waals surface area contributed by atoms with Gasteiger partial charge >= 0.3 is 7.60 Å². The van der Waals surface area contributed by atoms with Gasteiger partial charge in [0.1, 0.15) is 0 Å². The van der Waals surface area contributed by atoms with Crippen LogP contribution in [0.5, 0.6) is 0 Å². The first-order chi connectivity index (χ1) is 10.3. The minimum absolute atomic E-state index is 0.347. The van der Waals surface area contributed by atoms with Gasteiger partial charge in [0.05, 0.1) is 10.7 Å². The van der Waals surface area contributed by atoms with Gasteiger partial charge in [0, 0.05) is 38.7 Å². The molecule has 7 nitrogen and oxygen atoms in total. The Bertz CT molecular complexity index is 579. The van der Waals surface area contributed by atoms with Crippen LogP contribution in [0.1, 0.15) is 37.6 Å². The predicted molar refractivity (Wildman–Crippen MR) is 85.1 cm³/mol. The Kier molecular flexibility index (Phi) is 6.41. The van der Waals surface area contributed by atoms with Crippen molar-refractivity contribution >= 4 is 19.2 Å². The normalized spacial score (nSPS) is 13.0. The van der Waals surface area contributed by atoms with E-state index in [4.69, 9.17) is 9.05 Å². The lowest BCUT2D eigenvalue weighted by molar-refractivity contribution is 0.0954. The lowest BCUT2D eigenvalue weighted by Crippen LogP contribution is -2.27. The minimum Gasteiger partial charge on any atom is -0.312 e. The third-order valence-electron chi connectivity index (χ3n) is 3.18. The van der Waals surface area contributed by atoms with E-state index in [2.05, 4.69) is 15.5 Å². The van der Waals surface area contributed by atoms with Crippen LogP contribution in [-0.4, -0.2) is 36.0 Å². The molecule has 0 aliphatic rings. The summed E-state index contributed by atoms with van der Waals surface area (Å²) in [5, 5.41) is 3.26. The number of carbonyl (C=O) groups excluding carboxylic acids is 1. The molecule has 1 N–H and O–H groups in total.